The zero-order valence-corrected chi connectivity index (χ0v) is 63.8. The number of carboxylic acids is 1. The van der Waals surface area contributed by atoms with Gasteiger partial charge in [-0.05, 0) is 148 Å². The third-order valence-corrected chi connectivity index (χ3v) is 14.1. The van der Waals surface area contributed by atoms with E-state index in [1.165, 1.54) is 110 Å². The number of benzene rings is 4. The Morgan fingerprint density at radius 3 is 0.980 bits per heavy atom. The average molecular weight is 1530 g/mol. The predicted octanol–water partition coefficient (Wildman–Crippen LogP) is 10.6. The van der Waals surface area contributed by atoms with Gasteiger partial charge in [0.05, 0.1) is 47.4 Å². The van der Waals surface area contributed by atoms with E-state index < -0.39 is 81.1 Å². The second-order valence-corrected chi connectivity index (χ2v) is 24.7. The van der Waals surface area contributed by atoms with Gasteiger partial charge in [-0.2, -0.15) is 28.4 Å². The predicted molar refractivity (Wildman–Crippen MR) is 366 cm³/mol. The van der Waals surface area contributed by atoms with E-state index >= 15 is 0 Å². The molecule has 4 aromatic heterocycles. The standard InChI is InChI=1S/C18H21ClFN3O3.C17H19ClFN3O3.C16H16ClFN2O3.C15H13Cl2FN2O3.Na.O2S/c1-5-8-21-14-10-15(26-18(2,3)17(24)25-4)23-16(22-14)11-6-7-12(19)13(20)9-11;1-4-7-20-13-9-14(25-17(2,3)16(23)24)22-15(21-13)10-5-6-11(18)12(19)8-10;1-9-7-13(23-16(2,3)15(21)22-4)20-14(19-9)10-5-6-11(17)12(18)8-10;1-15(2,14(21)22-3)23-12-7-11(17)19-13(20-12)8-4-5-9(16)10(18)6-8;;1-3-2/h6-7,9-10H,5,8H2,1-4H3,(H,21,22,23);5-6,8-9H,4,7H2,1-3H3,(H,23,24)(H,20,21,22);5-8H,1-4H3;4-7H,1-3H3;;/q;;;;+1;/p-1. The first-order valence-corrected chi connectivity index (χ1v) is 32.0. The molecule has 4 heterocycles. The Morgan fingerprint density at radius 1 is 0.436 bits per heavy atom. The molecule has 2 N–H and O–H groups in total. The smallest absolute Gasteiger partial charge is 0.546 e. The minimum absolute atomic E-state index is 0. The Labute approximate surface area is 630 Å². The van der Waals surface area contributed by atoms with Crippen LogP contribution in [0.25, 0.3) is 45.6 Å². The number of carbonyl (C=O) groups is 4. The molecule has 0 radical (unpaired) electrons. The topological polar surface area (TPSA) is 317 Å². The molecular formula is C66H68Cl5F4N10NaO14S. The van der Waals surface area contributed by atoms with Crippen molar-refractivity contribution >= 4 is 105 Å². The van der Waals surface area contributed by atoms with Crippen molar-refractivity contribution in [2.24, 2.45) is 0 Å². The number of halogens is 9. The minimum Gasteiger partial charge on any atom is -0.546 e. The summed E-state index contributed by atoms with van der Waals surface area (Å²) >= 11 is 28.0. The minimum atomic E-state index is -1.58. The van der Waals surface area contributed by atoms with Gasteiger partial charge in [-0.3, -0.25) is 0 Å². The van der Waals surface area contributed by atoms with Crippen molar-refractivity contribution in [1.82, 2.24) is 39.9 Å². The molecule has 0 aliphatic rings. The maximum atomic E-state index is 13.8. The number of aryl methyl sites for hydroxylation is 1. The summed E-state index contributed by atoms with van der Waals surface area (Å²) in [4.78, 5) is 80.2. The summed E-state index contributed by atoms with van der Waals surface area (Å²) < 4.78 is 108. The third kappa shape index (κ3) is 27.0. The van der Waals surface area contributed by atoms with Gasteiger partial charge in [0, 0.05) is 65.3 Å². The number of esters is 3. The number of methoxy groups -OCH3 is 3. The molecule has 0 bridgehead atoms. The van der Waals surface area contributed by atoms with E-state index in [-0.39, 0.29) is 102 Å². The molecule has 0 unspecified atom stereocenters. The largest absolute Gasteiger partial charge is 1.00 e. The molecule has 0 atom stereocenters. The Balaban J connectivity index is 0.000000345. The van der Waals surface area contributed by atoms with Crippen LogP contribution in [0.15, 0.2) is 97.1 Å². The second-order valence-electron chi connectivity index (χ2n) is 22.5. The van der Waals surface area contributed by atoms with Gasteiger partial charge < -0.3 is 53.7 Å². The van der Waals surface area contributed by atoms with Crippen molar-refractivity contribution in [3.05, 3.63) is 151 Å². The van der Waals surface area contributed by atoms with Gasteiger partial charge in [-0.15, -0.1) is 0 Å². The monoisotopic (exact) mass is 1530 g/mol. The Bertz CT molecular complexity index is 4120. The zero-order valence-electron chi connectivity index (χ0n) is 57.2. The molecule has 4 aromatic carbocycles. The molecule has 0 aliphatic heterocycles. The number of aliphatic carboxylic acids is 1. The van der Waals surface area contributed by atoms with Crippen LogP contribution in [-0.4, -0.2) is 129 Å². The maximum Gasteiger partial charge on any atom is 1.00 e. The molecule has 35 heteroatoms. The zero-order chi connectivity index (χ0) is 75.0. The Morgan fingerprint density at radius 2 is 0.703 bits per heavy atom. The van der Waals surface area contributed by atoms with Gasteiger partial charge >= 0.3 is 59.0 Å². The summed E-state index contributed by atoms with van der Waals surface area (Å²) in [6.07, 6.45) is 1.74. The van der Waals surface area contributed by atoms with Crippen LogP contribution in [0.2, 0.25) is 25.2 Å². The summed E-state index contributed by atoms with van der Waals surface area (Å²) in [5, 5.41) is 17.4. The van der Waals surface area contributed by atoms with E-state index in [0.29, 0.717) is 52.7 Å². The summed E-state index contributed by atoms with van der Waals surface area (Å²) in [7, 11) is 3.81. The number of aromatic nitrogens is 8. The van der Waals surface area contributed by atoms with E-state index in [1.807, 2.05) is 13.8 Å². The van der Waals surface area contributed by atoms with Gasteiger partial charge in [-0.25, -0.2) is 51.9 Å². The van der Waals surface area contributed by atoms with Gasteiger partial charge in [0.2, 0.25) is 40.3 Å². The van der Waals surface area contributed by atoms with E-state index in [2.05, 4.69) is 60.0 Å². The van der Waals surface area contributed by atoms with Crippen LogP contribution in [0.4, 0.5) is 29.2 Å². The first-order chi connectivity index (χ1) is 46.8. The molecule has 0 saturated carbocycles. The van der Waals surface area contributed by atoms with E-state index in [9.17, 15) is 41.8 Å². The second kappa shape index (κ2) is 39.9. The first-order valence-electron chi connectivity index (χ1n) is 29.5. The van der Waals surface area contributed by atoms with Crippen molar-refractivity contribution < 1.29 is 113 Å². The number of rotatable bonds is 22. The normalized spacial score (nSPS) is 10.9. The first kappa shape index (κ1) is 87.1. The number of hydrogen-bond acceptors (Lipinski definition) is 24. The number of carboxylic acid groups (broad SMARTS) is 1. The van der Waals surface area contributed by atoms with Crippen molar-refractivity contribution in [2.45, 2.75) is 111 Å². The van der Waals surface area contributed by atoms with Gasteiger partial charge in [0.15, 0.2) is 23.3 Å². The molecule has 0 saturated heterocycles. The number of hydrogen-bond donors (Lipinski definition) is 2. The fraction of sp³-hybridized carbons (Fsp3) is 0.333. The average Bonchev–Trinajstić information content (AvgIpc) is 0.830. The van der Waals surface area contributed by atoms with Crippen LogP contribution < -0.4 is 64.2 Å². The summed E-state index contributed by atoms with van der Waals surface area (Å²) in [6, 6.07) is 22.8. The Hall–Kier alpha value is -8.13. The molecule has 0 spiro atoms. The quantitative estimate of drug-likeness (QED) is 0.0209. The third-order valence-electron chi connectivity index (χ3n) is 12.7. The molecule has 536 valence electrons. The molecule has 0 aliphatic carbocycles. The molecule has 0 amide bonds. The van der Waals surface area contributed by atoms with Gasteiger partial charge in [0.1, 0.15) is 45.7 Å². The molecule has 8 rings (SSSR count). The molecule has 101 heavy (non-hydrogen) atoms. The molecular weight excluding hydrogens is 1470 g/mol. The Kier molecular flexibility index (Phi) is 34.4. The number of ether oxygens (including phenoxy) is 7. The van der Waals surface area contributed by atoms with Crippen molar-refractivity contribution in [2.75, 3.05) is 45.1 Å². The van der Waals surface area contributed by atoms with Crippen LogP contribution >= 0.6 is 58.0 Å². The molecule has 24 nitrogen and oxygen atoms in total. The van der Waals surface area contributed by atoms with Gasteiger partial charge in [0.25, 0.3) is 0 Å². The SMILES string of the molecule is CCCNc1cc(OC(C)(C)C(=O)OC)nc(-c2ccc(Cl)c(F)c2)n1.CCCNc1cc(OC(C)(C)C(=O)[O-])nc(-c2ccc(Cl)c(F)c2)n1.COC(=O)C(C)(C)Oc1cc(C)nc(-c2ccc(Cl)c(F)c2)n1.COC(=O)C(C)(C)Oc1cc(Cl)nc(-c2ccc(Cl)c(F)c2)n1.O=S=O.[Na+]. The number of anilines is 2. The van der Waals surface area contributed by atoms with Gasteiger partial charge in [-0.1, -0.05) is 71.9 Å². The number of nitrogens with one attached hydrogen (secondary N) is 2. The van der Waals surface area contributed by atoms with E-state index in [0.717, 1.165) is 12.8 Å². The van der Waals surface area contributed by atoms with Crippen molar-refractivity contribution in [3.63, 3.8) is 0 Å². The van der Waals surface area contributed by atoms with Crippen LogP contribution in [0.1, 0.15) is 87.8 Å². The fourth-order valence-electron chi connectivity index (χ4n) is 7.69. The van der Waals surface area contributed by atoms with Crippen LogP contribution in [0, 0.1) is 30.2 Å². The number of carbonyl (C=O) groups excluding carboxylic acids is 4. The summed E-state index contributed by atoms with van der Waals surface area (Å²) in [5.74, 6) is -3.14. The van der Waals surface area contributed by atoms with E-state index in [1.54, 1.807) is 71.0 Å². The van der Waals surface area contributed by atoms with Crippen LogP contribution in [0.3, 0.4) is 0 Å². The molecule has 0 fully saturated rings. The summed E-state index contributed by atoms with van der Waals surface area (Å²) in [6.45, 7) is 19.1. The fourth-order valence-corrected chi connectivity index (χ4v) is 8.33. The van der Waals surface area contributed by atoms with Crippen molar-refractivity contribution in [1.29, 1.82) is 0 Å². The summed E-state index contributed by atoms with van der Waals surface area (Å²) in [5.41, 5.74) is -3.04. The number of nitrogens with zero attached hydrogens (tertiary/aromatic N) is 8. The van der Waals surface area contributed by atoms with Crippen LogP contribution in [0.5, 0.6) is 23.5 Å². The van der Waals surface area contributed by atoms with Crippen LogP contribution in [-0.2, 0) is 45.0 Å². The van der Waals surface area contributed by atoms with E-state index in [4.69, 9.17) is 90.1 Å². The molecule has 8 aromatic rings. The van der Waals surface area contributed by atoms with Crippen molar-refractivity contribution in [3.8, 4) is 69.1 Å². The maximum absolute atomic E-state index is 13.8.